The molecule has 0 radical (unpaired) electrons. The van der Waals surface area contributed by atoms with Gasteiger partial charge in [0, 0.05) is 10.6 Å². The fourth-order valence-electron chi connectivity index (χ4n) is 2.62. The highest BCUT2D eigenvalue weighted by atomic mass is 35.5. The number of phenols is 1. The molecule has 27 heavy (non-hydrogen) atoms. The lowest BCUT2D eigenvalue weighted by molar-refractivity contribution is 0.104. The average Bonchev–Trinajstić information content (AvgIpc) is 3.10. The van der Waals surface area contributed by atoms with Gasteiger partial charge in [0.25, 0.3) is 0 Å². The van der Waals surface area contributed by atoms with Crippen LogP contribution in [0.25, 0.3) is 6.08 Å². The van der Waals surface area contributed by atoms with E-state index in [-0.39, 0.29) is 18.1 Å². The van der Waals surface area contributed by atoms with Crippen LogP contribution in [-0.4, -0.2) is 10.9 Å². The first-order valence-corrected chi connectivity index (χ1v) is 8.80. The molecule has 0 fully saturated rings. The fourth-order valence-corrected chi connectivity index (χ4v) is 2.73. The predicted molar refractivity (Wildman–Crippen MR) is 105 cm³/mol. The van der Waals surface area contributed by atoms with Crippen molar-refractivity contribution < 1.29 is 19.1 Å². The Morgan fingerprint density at radius 1 is 1.15 bits per heavy atom. The summed E-state index contributed by atoms with van der Waals surface area (Å²) in [6, 6.07) is 13.5. The third kappa shape index (κ3) is 4.80. The molecule has 4 nitrogen and oxygen atoms in total. The van der Waals surface area contributed by atoms with Gasteiger partial charge in [0.05, 0.1) is 0 Å². The number of benzene rings is 2. The second-order valence-electron chi connectivity index (χ2n) is 6.21. The number of rotatable bonds is 6. The summed E-state index contributed by atoms with van der Waals surface area (Å²) in [5, 5.41) is 10.2. The molecule has 0 atom stereocenters. The van der Waals surface area contributed by atoms with Crippen molar-refractivity contribution in [3.05, 3.63) is 87.8 Å². The first kappa shape index (κ1) is 18.8. The van der Waals surface area contributed by atoms with Crippen LogP contribution in [0.5, 0.6) is 11.5 Å². The Morgan fingerprint density at radius 3 is 2.59 bits per heavy atom. The molecule has 0 aliphatic heterocycles. The number of allylic oxidation sites excluding steroid dienone is 1. The highest BCUT2D eigenvalue weighted by Gasteiger charge is 2.07. The maximum Gasteiger partial charge on any atom is 0.186 e. The molecule has 138 valence electrons. The summed E-state index contributed by atoms with van der Waals surface area (Å²) in [7, 11) is 0. The van der Waals surface area contributed by atoms with Crippen molar-refractivity contribution in [2.45, 2.75) is 20.5 Å². The molecule has 1 N–H and O–H groups in total. The minimum Gasteiger partial charge on any atom is -0.508 e. The molecule has 0 bridgehead atoms. The minimum atomic E-state index is -0.216. The van der Waals surface area contributed by atoms with Crippen LogP contribution in [0.3, 0.4) is 0 Å². The van der Waals surface area contributed by atoms with Crippen molar-refractivity contribution in [3.8, 4) is 11.5 Å². The van der Waals surface area contributed by atoms with Crippen molar-refractivity contribution in [2.24, 2.45) is 0 Å². The van der Waals surface area contributed by atoms with Crippen LogP contribution in [0.4, 0.5) is 0 Å². The molecule has 0 aliphatic carbocycles. The molecule has 0 unspecified atom stereocenters. The van der Waals surface area contributed by atoms with Gasteiger partial charge in [-0.15, -0.1) is 0 Å². The van der Waals surface area contributed by atoms with Crippen LogP contribution >= 0.6 is 11.6 Å². The standard InChI is InChI=1S/C22H19ClO4/c1-14-10-20(11-15(2)22(14)23)26-13-19-7-6-18(27-19)8-9-21(25)16-4-3-5-17(24)12-16/h3-12,24H,13H2,1-2H3/b9-8+. The van der Waals surface area contributed by atoms with E-state index in [0.717, 1.165) is 21.9 Å². The largest absolute Gasteiger partial charge is 0.508 e. The number of ether oxygens (including phenoxy) is 1. The zero-order valence-corrected chi connectivity index (χ0v) is 15.8. The zero-order chi connectivity index (χ0) is 19.4. The molecule has 0 saturated carbocycles. The number of halogens is 1. The summed E-state index contributed by atoms with van der Waals surface area (Å²) in [5.41, 5.74) is 2.33. The van der Waals surface area contributed by atoms with Crippen molar-refractivity contribution in [1.82, 2.24) is 0 Å². The second-order valence-corrected chi connectivity index (χ2v) is 6.59. The maximum atomic E-state index is 12.1. The van der Waals surface area contributed by atoms with Gasteiger partial charge in [-0.1, -0.05) is 23.7 Å². The summed E-state index contributed by atoms with van der Waals surface area (Å²) in [6.45, 7) is 4.14. The monoisotopic (exact) mass is 382 g/mol. The van der Waals surface area contributed by atoms with Crippen LogP contribution in [0.1, 0.15) is 33.0 Å². The number of ketones is 1. The molecule has 0 amide bonds. The number of furan rings is 1. The molecule has 0 saturated heterocycles. The Hall–Kier alpha value is -2.98. The molecule has 5 heteroatoms. The van der Waals surface area contributed by atoms with Crippen LogP contribution in [0.2, 0.25) is 5.02 Å². The SMILES string of the molecule is Cc1cc(OCc2ccc(/C=C/C(=O)c3cccc(O)c3)o2)cc(C)c1Cl. The Morgan fingerprint density at radius 2 is 1.89 bits per heavy atom. The minimum absolute atomic E-state index is 0.0550. The van der Waals surface area contributed by atoms with Gasteiger partial charge in [0.2, 0.25) is 0 Å². The Labute approximate surface area is 162 Å². The van der Waals surface area contributed by atoms with E-state index in [4.69, 9.17) is 20.8 Å². The molecular formula is C22H19ClO4. The third-order valence-electron chi connectivity index (χ3n) is 4.00. The van der Waals surface area contributed by atoms with Gasteiger partial charge in [-0.2, -0.15) is 0 Å². The Balaban J connectivity index is 1.62. The van der Waals surface area contributed by atoms with E-state index in [9.17, 15) is 9.90 Å². The van der Waals surface area contributed by atoms with E-state index in [2.05, 4.69) is 0 Å². The van der Waals surface area contributed by atoms with Crippen LogP contribution in [0, 0.1) is 13.8 Å². The maximum absolute atomic E-state index is 12.1. The number of hydrogen-bond donors (Lipinski definition) is 1. The first-order chi connectivity index (χ1) is 12.9. The van der Waals surface area contributed by atoms with E-state index < -0.39 is 0 Å². The molecule has 3 aromatic rings. The lowest BCUT2D eigenvalue weighted by Gasteiger charge is -2.08. The van der Waals surface area contributed by atoms with Crippen LogP contribution in [-0.2, 0) is 6.61 Å². The van der Waals surface area contributed by atoms with Crippen molar-refractivity contribution >= 4 is 23.5 Å². The summed E-state index contributed by atoms with van der Waals surface area (Å²) in [4.78, 5) is 12.1. The third-order valence-corrected chi connectivity index (χ3v) is 4.60. The highest BCUT2D eigenvalue weighted by Crippen LogP contribution is 2.26. The Bertz CT molecular complexity index is 978. The molecule has 0 spiro atoms. The lowest BCUT2D eigenvalue weighted by atomic mass is 10.1. The van der Waals surface area contributed by atoms with Gasteiger partial charge in [0.15, 0.2) is 5.78 Å². The second kappa shape index (κ2) is 8.14. The van der Waals surface area contributed by atoms with Crippen molar-refractivity contribution in [2.75, 3.05) is 0 Å². The van der Waals surface area contributed by atoms with Crippen LogP contribution < -0.4 is 4.74 Å². The van der Waals surface area contributed by atoms with Crippen LogP contribution in [0.15, 0.2) is 59.0 Å². The molecule has 3 rings (SSSR count). The number of aryl methyl sites for hydroxylation is 2. The number of phenolic OH excluding ortho intramolecular Hbond substituents is 1. The topological polar surface area (TPSA) is 59.7 Å². The van der Waals surface area contributed by atoms with Gasteiger partial charge in [-0.05, 0) is 73.5 Å². The van der Waals surface area contributed by atoms with E-state index in [1.807, 2.05) is 26.0 Å². The summed E-state index contributed by atoms with van der Waals surface area (Å²) in [5.74, 6) is 1.75. The van der Waals surface area contributed by atoms with Gasteiger partial charge >= 0.3 is 0 Å². The molecular weight excluding hydrogens is 364 g/mol. The number of hydrogen-bond acceptors (Lipinski definition) is 4. The van der Waals surface area contributed by atoms with E-state index in [1.165, 1.54) is 18.2 Å². The number of carbonyl (C=O) groups is 1. The van der Waals surface area contributed by atoms with Gasteiger partial charge < -0.3 is 14.3 Å². The highest BCUT2D eigenvalue weighted by molar-refractivity contribution is 6.32. The van der Waals surface area contributed by atoms with Gasteiger partial charge in [0.1, 0.15) is 29.6 Å². The molecule has 0 aliphatic rings. The fraction of sp³-hybridized carbons (Fsp3) is 0.136. The Kier molecular flexibility index (Phi) is 5.67. The summed E-state index contributed by atoms with van der Waals surface area (Å²) < 4.78 is 11.4. The van der Waals surface area contributed by atoms with Gasteiger partial charge in [-0.25, -0.2) is 0 Å². The number of carbonyl (C=O) groups excluding carboxylic acids is 1. The molecule has 2 aromatic carbocycles. The first-order valence-electron chi connectivity index (χ1n) is 8.42. The normalized spacial score (nSPS) is 11.1. The smallest absolute Gasteiger partial charge is 0.186 e. The van der Waals surface area contributed by atoms with Gasteiger partial charge in [-0.3, -0.25) is 4.79 Å². The molecule has 1 heterocycles. The van der Waals surface area contributed by atoms with Crippen molar-refractivity contribution in [1.29, 1.82) is 0 Å². The predicted octanol–water partition coefficient (Wildman–Crippen LogP) is 5.73. The zero-order valence-electron chi connectivity index (χ0n) is 15.0. The van der Waals surface area contributed by atoms with E-state index >= 15 is 0 Å². The summed E-state index contributed by atoms with van der Waals surface area (Å²) in [6.07, 6.45) is 3.00. The molecule has 1 aromatic heterocycles. The van der Waals surface area contributed by atoms with E-state index in [0.29, 0.717) is 17.1 Å². The quantitative estimate of drug-likeness (QED) is 0.437. The number of aromatic hydroxyl groups is 1. The lowest BCUT2D eigenvalue weighted by Crippen LogP contribution is -1.95. The average molecular weight is 383 g/mol. The summed E-state index contributed by atoms with van der Waals surface area (Å²) >= 11 is 6.16. The van der Waals surface area contributed by atoms with Crippen molar-refractivity contribution in [3.63, 3.8) is 0 Å². The van der Waals surface area contributed by atoms with E-state index in [1.54, 1.807) is 30.3 Å².